The van der Waals surface area contributed by atoms with Crippen LogP contribution in [0.2, 0.25) is 0 Å². The molecule has 0 saturated heterocycles. The molecule has 0 radical (unpaired) electrons. The SMILES string of the molecule is C=C(C(=O)Cl)C(CC)CC. The maximum Gasteiger partial charge on any atom is 0.248 e. The highest BCUT2D eigenvalue weighted by atomic mass is 35.5. The first-order valence-electron chi connectivity index (χ1n) is 3.52. The first-order chi connectivity index (χ1) is 4.63. The van der Waals surface area contributed by atoms with Crippen molar-refractivity contribution in [2.75, 3.05) is 0 Å². The van der Waals surface area contributed by atoms with Crippen molar-refractivity contribution in [2.24, 2.45) is 5.92 Å². The predicted molar refractivity (Wildman–Crippen MR) is 44.1 cm³/mol. The molecule has 0 unspecified atom stereocenters. The zero-order valence-electron chi connectivity index (χ0n) is 6.48. The van der Waals surface area contributed by atoms with Gasteiger partial charge in [0.15, 0.2) is 0 Å². The number of carbonyl (C=O) groups is 1. The molecular formula is C8H13ClO. The topological polar surface area (TPSA) is 17.1 Å². The van der Waals surface area contributed by atoms with Gasteiger partial charge in [0.25, 0.3) is 0 Å². The van der Waals surface area contributed by atoms with Crippen molar-refractivity contribution < 1.29 is 4.79 Å². The molecule has 0 N–H and O–H groups in total. The van der Waals surface area contributed by atoms with Crippen LogP contribution in [0.25, 0.3) is 0 Å². The van der Waals surface area contributed by atoms with Crippen molar-refractivity contribution >= 4 is 16.8 Å². The first-order valence-corrected chi connectivity index (χ1v) is 3.89. The van der Waals surface area contributed by atoms with Crippen molar-refractivity contribution in [2.45, 2.75) is 26.7 Å². The molecule has 0 aliphatic rings. The highest BCUT2D eigenvalue weighted by molar-refractivity contribution is 6.67. The summed E-state index contributed by atoms with van der Waals surface area (Å²) in [5, 5.41) is -0.395. The molecule has 0 heterocycles. The zero-order chi connectivity index (χ0) is 8.15. The van der Waals surface area contributed by atoms with Gasteiger partial charge < -0.3 is 0 Å². The van der Waals surface area contributed by atoms with Gasteiger partial charge in [-0.15, -0.1) is 0 Å². The molecule has 0 aliphatic heterocycles. The number of halogens is 1. The summed E-state index contributed by atoms with van der Waals surface area (Å²) in [6.07, 6.45) is 1.88. The molecule has 2 heteroatoms. The van der Waals surface area contributed by atoms with Crippen LogP contribution in [0.1, 0.15) is 26.7 Å². The quantitative estimate of drug-likeness (QED) is 0.457. The van der Waals surface area contributed by atoms with Crippen LogP contribution in [-0.2, 0) is 4.79 Å². The average Bonchev–Trinajstić information content (AvgIpc) is 1.90. The van der Waals surface area contributed by atoms with Gasteiger partial charge >= 0.3 is 0 Å². The van der Waals surface area contributed by atoms with E-state index in [9.17, 15) is 4.79 Å². The molecule has 0 aliphatic carbocycles. The summed E-state index contributed by atoms with van der Waals surface area (Å²) in [7, 11) is 0. The molecule has 0 saturated carbocycles. The Hall–Kier alpha value is -0.300. The number of rotatable bonds is 4. The Balaban J connectivity index is 4.02. The second kappa shape index (κ2) is 4.51. The third kappa shape index (κ3) is 2.53. The van der Waals surface area contributed by atoms with Gasteiger partial charge in [0.05, 0.1) is 0 Å². The Morgan fingerprint density at radius 1 is 1.50 bits per heavy atom. The van der Waals surface area contributed by atoms with Crippen LogP contribution in [0.3, 0.4) is 0 Å². The van der Waals surface area contributed by atoms with Crippen LogP contribution in [-0.4, -0.2) is 5.24 Å². The second-order valence-corrected chi connectivity index (χ2v) is 2.66. The maximum absolute atomic E-state index is 10.6. The number of hydrogen-bond acceptors (Lipinski definition) is 1. The second-order valence-electron chi connectivity index (χ2n) is 2.31. The van der Waals surface area contributed by atoms with E-state index in [0.29, 0.717) is 5.57 Å². The Bertz CT molecular complexity index is 136. The Morgan fingerprint density at radius 3 is 2.00 bits per heavy atom. The van der Waals surface area contributed by atoms with E-state index in [0.717, 1.165) is 12.8 Å². The summed E-state index contributed by atoms with van der Waals surface area (Å²) in [4.78, 5) is 10.6. The van der Waals surface area contributed by atoms with Gasteiger partial charge in [0, 0.05) is 5.57 Å². The van der Waals surface area contributed by atoms with Crippen LogP contribution < -0.4 is 0 Å². The van der Waals surface area contributed by atoms with E-state index in [1.807, 2.05) is 13.8 Å². The lowest BCUT2D eigenvalue weighted by atomic mass is 9.96. The molecule has 0 spiro atoms. The van der Waals surface area contributed by atoms with Crippen molar-refractivity contribution in [3.63, 3.8) is 0 Å². The molecular weight excluding hydrogens is 148 g/mol. The van der Waals surface area contributed by atoms with Crippen LogP contribution in [0.4, 0.5) is 0 Å². The van der Waals surface area contributed by atoms with Crippen molar-refractivity contribution in [3.8, 4) is 0 Å². The van der Waals surface area contributed by atoms with Crippen LogP contribution in [0.15, 0.2) is 12.2 Å². The number of carbonyl (C=O) groups excluding carboxylic acids is 1. The van der Waals surface area contributed by atoms with E-state index in [2.05, 4.69) is 6.58 Å². The number of hydrogen-bond donors (Lipinski definition) is 0. The van der Waals surface area contributed by atoms with Gasteiger partial charge in [-0.3, -0.25) is 4.79 Å². The third-order valence-electron chi connectivity index (χ3n) is 1.73. The minimum atomic E-state index is -0.395. The lowest BCUT2D eigenvalue weighted by Crippen LogP contribution is -2.05. The Labute approximate surface area is 67.1 Å². The van der Waals surface area contributed by atoms with E-state index >= 15 is 0 Å². The molecule has 58 valence electrons. The van der Waals surface area contributed by atoms with E-state index in [1.54, 1.807) is 0 Å². The molecule has 0 amide bonds. The lowest BCUT2D eigenvalue weighted by Gasteiger charge is -2.10. The molecule has 0 aromatic carbocycles. The number of allylic oxidation sites excluding steroid dienone is 1. The fourth-order valence-corrected chi connectivity index (χ4v) is 1.10. The van der Waals surface area contributed by atoms with E-state index in [1.165, 1.54) is 0 Å². The molecule has 1 nitrogen and oxygen atoms in total. The summed E-state index contributed by atoms with van der Waals surface area (Å²) >= 11 is 5.24. The highest BCUT2D eigenvalue weighted by Crippen LogP contribution is 2.18. The Morgan fingerprint density at radius 2 is 1.90 bits per heavy atom. The van der Waals surface area contributed by atoms with Gasteiger partial charge in [-0.05, 0) is 30.4 Å². The minimum Gasteiger partial charge on any atom is -0.276 e. The normalized spacial score (nSPS) is 10.0. The molecule has 10 heavy (non-hydrogen) atoms. The lowest BCUT2D eigenvalue weighted by molar-refractivity contribution is -0.109. The van der Waals surface area contributed by atoms with Crippen LogP contribution in [0.5, 0.6) is 0 Å². The van der Waals surface area contributed by atoms with Gasteiger partial charge in [0.1, 0.15) is 0 Å². The standard InChI is InChI=1S/C8H13ClO/c1-4-7(5-2)6(3)8(9)10/h7H,3-5H2,1-2H3. The summed E-state index contributed by atoms with van der Waals surface area (Å²) < 4.78 is 0. The van der Waals surface area contributed by atoms with Gasteiger partial charge in [-0.1, -0.05) is 20.4 Å². The summed E-state index contributed by atoms with van der Waals surface area (Å²) in [5.74, 6) is 0.269. The van der Waals surface area contributed by atoms with E-state index < -0.39 is 5.24 Å². The smallest absolute Gasteiger partial charge is 0.248 e. The van der Waals surface area contributed by atoms with Gasteiger partial charge in [0.2, 0.25) is 5.24 Å². The monoisotopic (exact) mass is 160 g/mol. The highest BCUT2D eigenvalue weighted by Gasteiger charge is 2.12. The van der Waals surface area contributed by atoms with Crippen molar-refractivity contribution in [1.29, 1.82) is 0 Å². The predicted octanol–water partition coefficient (Wildman–Crippen LogP) is 2.74. The van der Waals surface area contributed by atoms with Gasteiger partial charge in [-0.25, -0.2) is 0 Å². The molecule has 0 rings (SSSR count). The fourth-order valence-electron chi connectivity index (χ4n) is 0.942. The molecule has 0 fully saturated rings. The minimum absolute atomic E-state index is 0.269. The van der Waals surface area contributed by atoms with Gasteiger partial charge in [-0.2, -0.15) is 0 Å². The first kappa shape index (κ1) is 9.70. The zero-order valence-corrected chi connectivity index (χ0v) is 7.24. The summed E-state index contributed by atoms with van der Waals surface area (Å²) in [5.41, 5.74) is 0.548. The van der Waals surface area contributed by atoms with Crippen molar-refractivity contribution in [1.82, 2.24) is 0 Å². The molecule has 0 aromatic rings. The summed E-state index contributed by atoms with van der Waals surface area (Å²) in [6.45, 7) is 7.67. The molecule has 0 aromatic heterocycles. The third-order valence-corrected chi connectivity index (χ3v) is 1.97. The fraction of sp³-hybridized carbons (Fsp3) is 0.625. The summed E-state index contributed by atoms with van der Waals surface area (Å²) in [6, 6.07) is 0. The van der Waals surface area contributed by atoms with Crippen molar-refractivity contribution in [3.05, 3.63) is 12.2 Å². The van der Waals surface area contributed by atoms with E-state index in [-0.39, 0.29) is 5.92 Å². The van der Waals surface area contributed by atoms with Crippen LogP contribution in [0, 0.1) is 5.92 Å². The largest absolute Gasteiger partial charge is 0.276 e. The average molecular weight is 161 g/mol. The van der Waals surface area contributed by atoms with E-state index in [4.69, 9.17) is 11.6 Å². The Kier molecular flexibility index (Phi) is 4.37. The maximum atomic E-state index is 10.6. The van der Waals surface area contributed by atoms with Crippen LogP contribution >= 0.6 is 11.6 Å². The molecule has 0 bridgehead atoms. The molecule has 0 atom stereocenters.